The Balaban J connectivity index is 1.78. The first-order chi connectivity index (χ1) is 13.5. The van der Waals surface area contributed by atoms with E-state index >= 15 is 0 Å². The number of anilines is 1. The molecule has 2 aromatic rings. The molecule has 0 saturated carbocycles. The second-order valence-electron chi connectivity index (χ2n) is 6.33. The Hall–Kier alpha value is -1.89. The monoisotopic (exact) mass is 469 g/mol. The van der Waals surface area contributed by atoms with Crippen LogP contribution in [-0.2, 0) is 16.4 Å². The summed E-state index contributed by atoms with van der Waals surface area (Å²) < 4.78 is 62.0. The van der Waals surface area contributed by atoms with Crippen LogP contribution in [0.4, 0.5) is 24.5 Å². The summed E-state index contributed by atoms with van der Waals surface area (Å²) in [5.41, 5.74) is -6.11. The van der Waals surface area contributed by atoms with Crippen molar-refractivity contribution >= 4 is 44.1 Å². The lowest BCUT2D eigenvalue weighted by Gasteiger charge is -2.35. The number of sulfone groups is 1. The van der Waals surface area contributed by atoms with Crippen LogP contribution >= 0.6 is 22.9 Å². The van der Waals surface area contributed by atoms with Gasteiger partial charge in [-0.15, -0.1) is 11.3 Å². The fourth-order valence-electron chi connectivity index (χ4n) is 3.02. The Morgan fingerprint density at radius 3 is 2.31 bits per heavy atom. The number of nitro benzene ring substituents is 1. The minimum absolute atomic E-state index is 0.0925. The summed E-state index contributed by atoms with van der Waals surface area (Å²) in [5.74, 6) is 0. The molecule has 13 heteroatoms. The molecule has 0 bridgehead atoms. The second kappa shape index (κ2) is 8.09. The fraction of sp³-hybridized carbons (Fsp3) is 0.375. The predicted molar refractivity (Wildman–Crippen MR) is 103 cm³/mol. The van der Waals surface area contributed by atoms with Gasteiger partial charge < -0.3 is 4.90 Å². The van der Waals surface area contributed by atoms with Crippen molar-refractivity contribution in [2.45, 2.75) is 16.9 Å². The van der Waals surface area contributed by atoms with Crippen LogP contribution in [0.1, 0.15) is 4.88 Å². The van der Waals surface area contributed by atoms with Crippen molar-refractivity contribution in [1.82, 2.24) is 4.90 Å². The lowest BCUT2D eigenvalue weighted by Crippen LogP contribution is -2.46. The van der Waals surface area contributed by atoms with Crippen LogP contribution in [0.25, 0.3) is 0 Å². The highest BCUT2D eigenvalue weighted by atomic mass is 35.5. The van der Waals surface area contributed by atoms with E-state index in [1.165, 1.54) is 11.3 Å². The molecule has 0 N–H and O–H groups in total. The number of alkyl halides is 3. The SMILES string of the molecule is O=[N+]([O-])c1cc(S(=O)(=O)C(F)(F)F)ccc1N1CCN(Cc2ccc(Cl)s2)CC1. The Labute approximate surface area is 173 Å². The molecule has 0 amide bonds. The maximum Gasteiger partial charge on any atom is 0.501 e. The van der Waals surface area contributed by atoms with E-state index in [9.17, 15) is 31.7 Å². The minimum Gasteiger partial charge on any atom is -0.363 e. The van der Waals surface area contributed by atoms with Gasteiger partial charge in [0, 0.05) is 43.7 Å². The minimum atomic E-state index is -5.66. The van der Waals surface area contributed by atoms with Crippen molar-refractivity contribution in [3.05, 3.63) is 49.7 Å². The molecule has 1 aliphatic heterocycles. The van der Waals surface area contributed by atoms with Crippen molar-refractivity contribution in [3.63, 3.8) is 0 Å². The molecule has 2 heterocycles. The average molecular weight is 470 g/mol. The maximum absolute atomic E-state index is 12.7. The van der Waals surface area contributed by atoms with E-state index in [0.717, 1.165) is 17.0 Å². The van der Waals surface area contributed by atoms with Crippen LogP contribution in [-0.4, -0.2) is 49.9 Å². The van der Waals surface area contributed by atoms with Crippen LogP contribution < -0.4 is 4.90 Å². The summed E-state index contributed by atoms with van der Waals surface area (Å²) in [6.07, 6.45) is 0. The Morgan fingerprint density at radius 2 is 1.79 bits per heavy atom. The van der Waals surface area contributed by atoms with Crippen molar-refractivity contribution in [3.8, 4) is 0 Å². The number of halogens is 4. The zero-order valence-corrected chi connectivity index (χ0v) is 17.1. The van der Waals surface area contributed by atoms with Crippen molar-refractivity contribution < 1.29 is 26.5 Å². The third-order valence-corrected chi connectivity index (χ3v) is 7.18. The van der Waals surface area contributed by atoms with Gasteiger partial charge in [0.15, 0.2) is 0 Å². The number of nitrogens with zero attached hydrogens (tertiary/aromatic N) is 3. The molecule has 1 saturated heterocycles. The topological polar surface area (TPSA) is 83.8 Å². The molecule has 1 aromatic heterocycles. The van der Waals surface area contributed by atoms with E-state index < -0.39 is 30.9 Å². The van der Waals surface area contributed by atoms with E-state index in [1.807, 2.05) is 6.07 Å². The second-order valence-corrected chi connectivity index (χ2v) is 10.1. The Kier molecular flexibility index (Phi) is 6.08. The van der Waals surface area contributed by atoms with Gasteiger partial charge in [-0.2, -0.15) is 13.2 Å². The normalized spacial score (nSPS) is 16.2. The molecule has 1 fully saturated rings. The lowest BCUT2D eigenvalue weighted by molar-refractivity contribution is -0.384. The van der Waals surface area contributed by atoms with Gasteiger partial charge in [-0.1, -0.05) is 11.6 Å². The summed E-state index contributed by atoms with van der Waals surface area (Å²) in [4.78, 5) is 14.2. The van der Waals surface area contributed by atoms with E-state index in [2.05, 4.69) is 4.90 Å². The first kappa shape index (κ1) is 21.8. The quantitative estimate of drug-likeness (QED) is 0.487. The molecule has 0 atom stereocenters. The molecule has 0 spiro atoms. The van der Waals surface area contributed by atoms with Crippen molar-refractivity contribution in [2.24, 2.45) is 0 Å². The van der Waals surface area contributed by atoms with Crippen molar-refractivity contribution in [2.75, 3.05) is 31.1 Å². The molecule has 0 aliphatic carbocycles. The van der Waals surface area contributed by atoms with Crippen LogP contribution in [0.2, 0.25) is 4.34 Å². The maximum atomic E-state index is 12.7. The number of hydrogen-bond acceptors (Lipinski definition) is 7. The molecule has 0 radical (unpaired) electrons. The smallest absolute Gasteiger partial charge is 0.363 e. The molecule has 158 valence electrons. The Bertz CT molecular complexity index is 1020. The van der Waals surface area contributed by atoms with Gasteiger partial charge in [0.1, 0.15) is 5.69 Å². The van der Waals surface area contributed by atoms with Crippen LogP contribution in [0.5, 0.6) is 0 Å². The fourth-order valence-corrected chi connectivity index (χ4v) is 4.93. The molecule has 7 nitrogen and oxygen atoms in total. The third-order valence-electron chi connectivity index (χ3n) is 4.48. The van der Waals surface area contributed by atoms with Gasteiger partial charge in [-0.25, -0.2) is 8.42 Å². The molecule has 0 unspecified atom stereocenters. The van der Waals surface area contributed by atoms with Crippen LogP contribution in [0, 0.1) is 10.1 Å². The number of hydrogen-bond donors (Lipinski definition) is 0. The average Bonchev–Trinajstić information content (AvgIpc) is 3.05. The first-order valence-corrected chi connectivity index (χ1v) is 11.0. The largest absolute Gasteiger partial charge is 0.501 e. The number of nitro groups is 1. The summed E-state index contributed by atoms with van der Waals surface area (Å²) in [7, 11) is -5.66. The van der Waals surface area contributed by atoms with Gasteiger partial charge in [-0.05, 0) is 24.3 Å². The van der Waals surface area contributed by atoms with E-state index in [4.69, 9.17) is 11.6 Å². The highest BCUT2D eigenvalue weighted by Crippen LogP contribution is 2.36. The van der Waals surface area contributed by atoms with Crippen LogP contribution in [0.15, 0.2) is 35.2 Å². The van der Waals surface area contributed by atoms with E-state index in [1.54, 1.807) is 11.0 Å². The summed E-state index contributed by atoms with van der Waals surface area (Å²) in [6.45, 7) is 2.65. The molecular weight excluding hydrogens is 455 g/mol. The number of thiophene rings is 1. The molecule has 29 heavy (non-hydrogen) atoms. The molecule has 1 aromatic carbocycles. The van der Waals surface area contributed by atoms with Gasteiger partial charge in [-0.3, -0.25) is 15.0 Å². The number of piperazine rings is 1. The van der Waals surface area contributed by atoms with Gasteiger partial charge in [0.25, 0.3) is 15.5 Å². The molecule has 1 aliphatic rings. The van der Waals surface area contributed by atoms with E-state index in [-0.39, 0.29) is 5.69 Å². The number of benzene rings is 1. The molecule has 3 rings (SSSR count). The number of rotatable bonds is 5. The zero-order valence-electron chi connectivity index (χ0n) is 14.7. The lowest BCUT2D eigenvalue weighted by atomic mass is 10.2. The summed E-state index contributed by atoms with van der Waals surface area (Å²) >= 11 is 7.38. The summed E-state index contributed by atoms with van der Waals surface area (Å²) in [6, 6.07) is 6.01. The van der Waals surface area contributed by atoms with Crippen molar-refractivity contribution in [1.29, 1.82) is 0 Å². The predicted octanol–water partition coefficient (Wildman–Crippen LogP) is 3.93. The first-order valence-electron chi connectivity index (χ1n) is 8.30. The Morgan fingerprint density at radius 1 is 1.14 bits per heavy atom. The van der Waals surface area contributed by atoms with Crippen LogP contribution in [0.3, 0.4) is 0 Å². The molecular formula is C16H15ClF3N3O4S2. The third kappa shape index (κ3) is 4.65. The summed E-state index contributed by atoms with van der Waals surface area (Å²) in [5, 5.41) is 11.4. The van der Waals surface area contributed by atoms with Gasteiger partial charge >= 0.3 is 5.51 Å². The highest BCUT2D eigenvalue weighted by Gasteiger charge is 2.47. The van der Waals surface area contributed by atoms with E-state index in [0.29, 0.717) is 43.1 Å². The van der Waals surface area contributed by atoms with Gasteiger partial charge in [0.2, 0.25) is 0 Å². The van der Waals surface area contributed by atoms with Gasteiger partial charge in [0.05, 0.1) is 14.2 Å². The highest BCUT2D eigenvalue weighted by molar-refractivity contribution is 7.92. The standard InChI is InChI=1S/C16H15ClF3N3O4S2/c17-15-4-1-11(28-15)10-21-5-7-22(8-6-21)13-3-2-12(9-14(13)23(24)25)29(26,27)16(18,19)20/h1-4,9H,5-8,10H2. The zero-order chi connectivity index (χ0) is 21.4.